The van der Waals surface area contributed by atoms with Crippen molar-refractivity contribution in [2.24, 2.45) is 0 Å². The lowest BCUT2D eigenvalue weighted by molar-refractivity contribution is 0.179. The molecular formula is C13H19BrN2OS. The van der Waals surface area contributed by atoms with Crippen molar-refractivity contribution in [1.82, 2.24) is 10.6 Å². The van der Waals surface area contributed by atoms with Crippen LogP contribution in [0.4, 0.5) is 0 Å². The highest BCUT2D eigenvalue weighted by atomic mass is 79.9. The molecule has 1 aromatic rings. The van der Waals surface area contributed by atoms with Gasteiger partial charge in [-0.15, -0.1) is 0 Å². The number of methoxy groups -OCH3 is 1. The first-order valence-electron chi connectivity index (χ1n) is 5.84. The van der Waals surface area contributed by atoms with Gasteiger partial charge in [0.25, 0.3) is 0 Å². The maximum atomic E-state index is 5.26. The van der Waals surface area contributed by atoms with E-state index in [1.165, 1.54) is 5.56 Å². The predicted octanol–water partition coefficient (Wildman–Crippen LogP) is 3.01. The van der Waals surface area contributed by atoms with Crippen LogP contribution >= 0.6 is 28.1 Å². The second-order valence-electron chi connectivity index (χ2n) is 4.25. The fourth-order valence-corrected chi connectivity index (χ4v) is 2.23. The van der Waals surface area contributed by atoms with Gasteiger partial charge in [-0.3, -0.25) is 0 Å². The Kier molecular flexibility index (Phi) is 6.60. The van der Waals surface area contributed by atoms with Crippen LogP contribution in [0.25, 0.3) is 0 Å². The van der Waals surface area contributed by atoms with E-state index in [1.54, 1.807) is 7.11 Å². The molecule has 0 bridgehead atoms. The van der Waals surface area contributed by atoms with Crippen molar-refractivity contribution in [1.29, 1.82) is 0 Å². The molecule has 1 rings (SSSR count). The van der Waals surface area contributed by atoms with E-state index in [9.17, 15) is 0 Å². The van der Waals surface area contributed by atoms with Crippen LogP contribution in [0.1, 0.15) is 25.5 Å². The van der Waals surface area contributed by atoms with E-state index in [0.717, 1.165) is 4.47 Å². The van der Waals surface area contributed by atoms with Gasteiger partial charge in [0.05, 0.1) is 12.6 Å². The van der Waals surface area contributed by atoms with Crippen LogP contribution < -0.4 is 10.6 Å². The van der Waals surface area contributed by atoms with Gasteiger partial charge in [-0.05, 0) is 43.8 Å². The Bertz CT molecular complexity index is 383. The molecule has 0 aliphatic rings. The van der Waals surface area contributed by atoms with E-state index < -0.39 is 0 Å². The Morgan fingerprint density at radius 2 is 1.89 bits per heavy atom. The Hall–Kier alpha value is -0.650. The molecule has 0 fully saturated rings. The van der Waals surface area contributed by atoms with Crippen LogP contribution in [-0.4, -0.2) is 24.9 Å². The van der Waals surface area contributed by atoms with E-state index in [-0.39, 0.29) is 12.1 Å². The minimum absolute atomic E-state index is 0.174. The molecule has 0 aliphatic heterocycles. The van der Waals surface area contributed by atoms with Crippen molar-refractivity contribution in [3.05, 3.63) is 34.3 Å². The Balaban J connectivity index is 2.46. The lowest BCUT2D eigenvalue weighted by Crippen LogP contribution is -2.43. The molecule has 100 valence electrons. The fourth-order valence-electron chi connectivity index (χ4n) is 1.59. The maximum Gasteiger partial charge on any atom is 0.167 e. The third-order valence-electron chi connectivity index (χ3n) is 2.51. The molecule has 0 saturated heterocycles. The van der Waals surface area contributed by atoms with Gasteiger partial charge in [-0.25, -0.2) is 0 Å². The maximum absolute atomic E-state index is 5.26. The van der Waals surface area contributed by atoms with E-state index in [0.29, 0.717) is 11.7 Å². The molecule has 0 spiro atoms. The summed E-state index contributed by atoms with van der Waals surface area (Å²) >= 11 is 8.68. The highest BCUT2D eigenvalue weighted by Gasteiger charge is 2.08. The SMILES string of the molecule is COCC(C)NC(=S)NC(C)c1ccc(Br)cc1. The van der Waals surface area contributed by atoms with E-state index in [1.807, 2.05) is 19.1 Å². The average Bonchev–Trinajstić information content (AvgIpc) is 2.29. The zero-order valence-electron chi connectivity index (χ0n) is 10.9. The normalized spacial score (nSPS) is 13.8. The largest absolute Gasteiger partial charge is 0.383 e. The molecule has 1 aromatic carbocycles. The van der Waals surface area contributed by atoms with Gasteiger partial charge in [0.2, 0.25) is 0 Å². The molecule has 0 amide bonds. The number of benzene rings is 1. The third-order valence-corrected chi connectivity index (χ3v) is 3.28. The summed E-state index contributed by atoms with van der Waals surface area (Å²) in [6.45, 7) is 4.74. The first-order valence-corrected chi connectivity index (χ1v) is 7.04. The Morgan fingerprint density at radius 1 is 1.28 bits per heavy atom. The van der Waals surface area contributed by atoms with Gasteiger partial charge in [-0.2, -0.15) is 0 Å². The topological polar surface area (TPSA) is 33.3 Å². The summed E-state index contributed by atoms with van der Waals surface area (Å²) in [6.07, 6.45) is 0. The monoisotopic (exact) mass is 330 g/mol. The molecule has 0 aromatic heterocycles. The third kappa shape index (κ3) is 5.33. The molecule has 2 N–H and O–H groups in total. The zero-order valence-corrected chi connectivity index (χ0v) is 13.3. The minimum atomic E-state index is 0.174. The quantitative estimate of drug-likeness (QED) is 0.813. The van der Waals surface area contributed by atoms with Crippen molar-refractivity contribution in [3.8, 4) is 0 Å². The summed E-state index contributed by atoms with van der Waals surface area (Å²) in [6, 6.07) is 8.57. The lowest BCUT2D eigenvalue weighted by Gasteiger charge is -2.20. The molecule has 0 heterocycles. The smallest absolute Gasteiger partial charge is 0.167 e. The lowest BCUT2D eigenvalue weighted by atomic mass is 10.1. The summed E-state index contributed by atoms with van der Waals surface area (Å²) in [5.41, 5.74) is 1.20. The van der Waals surface area contributed by atoms with Crippen LogP contribution in [0, 0.1) is 0 Å². The number of nitrogens with one attached hydrogen (secondary N) is 2. The first-order chi connectivity index (χ1) is 8.52. The summed E-state index contributed by atoms with van der Waals surface area (Å²) in [5.74, 6) is 0. The van der Waals surface area contributed by atoms with Gasteiger partial charge < -0.3 is 15.4 Å². The van der Waals surface area contributed by atoms with Gasteiger partial charge in [0.15, 0.2) is 5.11 Å². The second-order valence-corrected chi connectivity index (χ2v) is 5.57. The van der Waals surface area contributed by atoms with Crippen molar-refractivity contribution >= 4 is 33.3 Å². The molecule has 2 atom stereocenters. The van der Waals surface area contributed by atoms with Crippen molar-refractivity contribution in [2.75, 3.05) is 13.7 Å². The van der Waals surface area contributed by atoms with Crippen LogP contribution in [0.5, 0.6) is 0 Å². The number of hydrogen-bond acceptors (Lipinski definition) is 2. The van der Waals surface area contributed by atoms with Gasteiger partial charge in [0, 0.05) is 17.6 Å². The molecule has 2 unspecified atom stereocenters. The van der Waals surface area contributed by atoms with E-state index in [4.69, 9.17) is 17.0 Å². The van der Waals surface area contributed by atoms with Gasteiger partial charge >= 0.3 is 0 Å². The van der Waals surface area contributed by atoms with E-state index >= 15 is 0 Å². The number of ether oxygens (including phenoxy) is 1. The summed E-state index contributed by atoms with van der Waals surface area (Å²) < 4.78 is 6.13. The molecule has 0 saturated carbocycles. The van der Waals surface area contributed by atoms with Crippen molar-refractivity contribution in [2.45, 2.75) is 25.9 Å². The molecule has 0 aliphatic carbocycles. The Labute approximate surface area is 122 Å². The standard InChI is InChI=1S/C13H19BrN2OS/c1-9(8-17-3)15-13(18)16-10(2)11-4-6-12(14)7-5-11/h4-7,9-10H,8H2,1-3H3,(H2,15,16,18). The first kappa shape index (κ1) is 15.4. The van der Waals surface area contributed by atoms with Crippen LogP contribution in [0.3, 0.4) is 0 Å². The predicted molar refractivity (Wildman–Crippen MR) is 82.8 cm³/mol. The average molecular weight is 331 g/mol. The van der Waals surface area contributed by atoms with Gasteiger partial charge in [0.1, 0.15) is 0 Å². The van der Waals surface area contributed by atoms with Crippen molar-refractivity contribution < 1.29 is 4.74 Å². The number of thiocarbonyl (C=S) groups is 1. The van der Waals surface area contributed by atoms with Crippen LogP contribution in [0.2, 0.25) is 0 Å². The van der Waals surface area contributed by atoms with Crippen LogP contribution in [0.15, 0.2) is 28.7 Å². The highest BCUT2D eigenvalue weighted by molar-refractivity contribution is 9.10. The summed E-state index contributed by atoms with van der Waals surface area (Å²) in [5, 5.41) is 7.08. The minimum Gasteiger partial charge on any atom is -0.383 e. The molecule has 3 nitrogen and oxygen atoms in total. The van der Waals surface area contributed by atoms with Crippen molar-refractivity contribution in [3.63, 3.8) is 0 Å². The van der Waals surface area contributed by atoms with Crippen LogP contribution in [-0.2, 0) is 4.74 Å². The molecular weight excluding hydrogens is 312 g/mol. The number of rotatable bonds is 5. The molecule has 18 heavy (non-hydrogen) atoms. The fraction of sp³-hybridized carbons (Fsp3) is 0.462. The second kappa shape index (κ2) is 7.71. The van der Waals surface area contributed by atoms with E-state index in [2.05, 4.69) is 45.6 Å². The summed E-state index contributed by atoms with van der Waals surface area (Å²) in [7, 11) is 1.68. The number of halogens is 1. The zero-order chi connectivity index (χ0) is 13.5. The van der Waals surface area contributed by atoms with Gasteiger partial charge in [-0.1, -0.05) is 28.1 Å². The molecule has 5 heteroatoms. The summed E-state index contributed by atoms with van der Waals surface area (Å²) in [4.78, 5) is 0. The Morgan fingerprint density at radius 3 is 2.44 bits per heavy atom. The number of hydrogen-bond donors (Lipinski definition) is 2. The molecule has 0 radical (unpaired) electrons. The highest BCUT2D eigenvalue weighted by Crippen LogP contribution is 2.16.